The van der Waals surface area contributed by atoms with Gasteiger partial charge in [-0.2, -0.15) is 13.2 Å². The average Bonchev–Trinajstić information content (AvgIpc) is 2.77. The maximum Gasteiger partial charge on any atom is 0.433 e. The molecular weight excluding hydrogens is 287 g/mol. The van der Waals surface area contributed by atoms with E-state index in [0.29, 0.717) is 21.8 Å². The Balaban J connectivity index is 2.02. The highest BCUT2D eigenvalue weighted by Gasteiger charge is 2.32. The summed E-state index contributed by atoms with van der Waals surface area (Å²) >= 11 is 1.33. The molecule has 7 heteroatoms. The van der Waals surface area contributed by atoms with Crippen LogP contribution in [-0.2, 0) is 6.18 Å². The van der Waals surface area contributed by atoms with Crippen molar-refractivity contribution < 1.29 is 13.2 Å². The van der Waals surface area contributed by atoms with Gasteiger partial charge in [-0.1, -0.05) is 23.5 Å². The normalized spacial score (nSPS) is 11.9. The summed E-state index contributed by atoms with van der Waals surface area (Å²) in [6, 6.07) is 8.90. The van der Waals surface area contributed by atoms with Gasteiger partial charge in [0.15, 0.2) is 5.13 Å². The average molecular weight is 294 g/mol. The number of nitrogen functional groups attached to an aromatic ring is 1. The van der Waals surface area contributed by atoms with E-state index in [2.05, 4.69) is 16.0 Å². The highest BCUT2D eigenvalue weighted by molar-refractivity contribution is 7.22. The fraction of sp³-hybridized carbons (Fsp3) is 0.0769. The quantitative estimate of drug-likeness (QED) is 0.743. The Labute approximate surface area is 115 Å². The number of nitrogens with two attached hydrogens (primary N) is 1. The first kappa shape index (κ1) is 12.9. The second kappa shape index (κ2) is 4.45. The number of aromatic nitrogens is 2. The second-order valence-corrected chi connectivity index (χ2v) is 5.13. The topological polar surface area (TPSA) is 51.8 Å². The molecule has 3 aromatic rings. The third-order valence-corrected chi connectivity index (χ3v) is 3.54. The van der Waals surface area contributed by atoms with E-state index in [1.54, 1.807) is 6.07 Å². The fourth-order valence-electron chi connectivity index (χ4n) is 1.77. The third kappa shape index (κ3) is 2.32. The van der Waals surface area contributed by atoms with Crippen molar-refractivity contribution in [3.05, 3.63) is 42.2 Å². The van der Waals surface area contributed by atoms with E-state index in [-0.39, 0.29) is 0 Å². The predicted molar refractivity (Wildman–Crippen MR) is 71.1 cm³/mol. The first-order valence-corrected chi connectivity index (χ1v) is 6.37. The Morgan fingerprint density at radius 3 is 2.60 bits per heavy atom. The minimum atomic E-state index is -4.43. The lowest BCUT2D eigenvalue weighted by atomic mass is 10.1. The van der Waals surface area contributed by atoms with Crippen molar-refractivity contribution in [3.8, 4) is 11.1 Å². The van der Waals surface area contributed by atoms with Crippen molar-refractivity contribution in [1.29, 1.82) is 0 Å². The van der Waals surface area contributed by atoms with Gasteiger partial charge in [0.1, 0.15) is 5.69 Å². The van der Waals surface area contributed by atoms with Gasteiger partial charge in [0, 0.05) is 17.8 Å². The van der Waals surface area contributed by atoms with Crippen LogP contribution in [0.3, 0.4) is 0 Å². The van der Waals surface area contributed by atoms with Crippen molar-refractivity contribution in [2.75, 3.05) is 5.73 Å². The molecule has 0 bridgehead atoms. The number of hydrogen-bond acceptors (Lipinski definition) is 4. The smallest absolute Gasteiger partial charge is 0.375 e. The van der Waals surface area contributed by atoms with E-state index < -0.39 is 11.9 Å². The number of fused-ring (bicyclic) bond motifs is 1. The van der Waals surface area contributed by atoms with E-state index in [9.17, 15) is 13.2 Å². The van der Waals surface area contributed by atoms with Gasteiger partial charge < -0.3 is 5.73 Å². The molecule has 0 fully saturated rings. The summed E-state index contributed by atoms with van der Waals surface area (Å²) in [7, 11) is 0. The highest BCUT2D eigenvalue weighted by atomic mass is 32.1. The Morgan fingerprint density at radius 1 is 1.15 bits per heavy atom. The van der Waals surface area contributed by atoms with Crippen LogP contribution in [0.15, 0.2) is 30.5 Å². The number of thiazole rings is 1. The maximum absolute atomic E-state index is 12.4. The maximum atomic E-state index is 12.4. The second-order valence-electron chi connectivity index (χ2n) is 4.07. The van der Waals surface area contributed by atoms with Crippen LogP contribution < -0.4 is 5.73 Å². The standard InChI is InChI=1S/C13H7F3N3S/c14-13(15,16)11-4-2-8(6-18-11)7-1-3-10-9(5-7)19-12(17)20-10/h1-4,6H,(H2,17,19). The van der Waals surface area contributed by atoms with Gasteiger partial charge >= 0.3 is 6.18 Å². The number of nitrogens with zero attached hydrogens (tertiary/aromatic N) is 2. The molecular formula is C13H7F3N3S. The first-order chi connectivity index (χ1) is 9.43. The highest BCUT2D eigenvalue weighted by Crippen LogP contribution is 2.30. The summed E-state index contributed by atoms with van der Waals surface area (Å²) in [5, 5.41) is 0.430. The van der Waals surface area contributed by atoms with E-state index >= 15 is 0 Å². The molecule has 101 valence electrons. The van der Waals surface area contributed by atoms with E-state index in [1.165, 1.54) is 23.6 Å². The Hall–Kier alpha value is -2.15. The van der Waals surface area contributed by atoms with Crippen LogP contribution in [-0.4, -0.2) is 9.97 Å². The van der Waals surface area contributed by atoms with Crippen LogP contribution in [0, 0.1) is 6.07 Å². The lowest BCUT2D eigenvalue weighted by molar-refractivity contribution is -0.141. The molecule has 0 aliphatic carbocycles. The van der Waals surface area contributed by atoms with E-state index in [1.807, 2.05) is 6.07 Å². The molecule has 3 nitrogen and oxygen atoms in total. The zero-order chi connectivity index (χ0) is 14.3. The van der Waals surface area contributed by atoms with Gasteiger partial charge in [-0.15, -0.1) is 0 Å². The van der Waals surface area contributed by atoms with Gasteiger partial charge in [0.25, 0.3) is 0 Å². The van der Waals surface area contributed by atoms with E-state index in [4.69, 9.17) is 5.73 Å². The molecule has 2 aromatic heterocycles. The van der Waals surface area contributed by atoms with Crippen LogP contribution in [0.25, 0.3) is 21.3 Å². The van der Waals surface area contributed by atoms with Crippen LogP contribution in [0.2, 0.25) is 0 Å². The van der Waals surface area contributed by atoms with Gasteiger partial charge in [0.05, 0.1) is 10.2 Å². The lowest BCUT2D eigenvalue weighted by Crippen LogP contribution is -2.07. The van der Waals surface area contributed by atoms with Crippen molar-refractivity contribution in [1.82, 2.24) is 9.97 Å². The molecule has 2 N–H and O–H groups in total. The molecule has 1 radical (unpaired) electrons. The summed E-state index contributed by atoms with van der Waals surface area (Å²) in [5.41, 5.74) is 6.46. The molecule has 3 rings (SSSR count). The Kier molecular flexibility index (Phi) is 2.86. The third-order valence-electron chi connectivity index (χ3n) is 2.69. The summed E-state index contributed by atoms with van der Waals surface area (Å²) < 4.78 is 38.2. The van der Waals surface area contributed by atoms with Crippen LogP contribution in [0.4, 0.5) is 18.3 Å². The van der Waals surface area contributed by atoms with Crippen LogP contribution >= 0.6 is 11.3 Å². The Morgan fingerprint density at radius 2 is 1.95 bits per heavy atom. The summed E-state index contributed by atoms with van der Waals surface area (Å²) in [5.74, 6) is 0. The van der Waals surface area contributed by atoms with Crippen molar-refractivity contribution >= 4 is 26.7 Å². The van der Waals surface area contributed by atoms with Gasteiger partial charge in [-0.3, -0.25) is 4.98 Å². The number of benzene rings is 1. The number of anilines is 1. The fourth-order valence-corrected chi connectivity index (χ4v) is 2.46. The zero-order valence-electron chi connectivity index (χ0n) is 9.90. The molecule has 0 saturated carbocycles. The summed E-state index contributed by atoms with van der Waals surface area (Å²) in [6.07, 6.45) is -3.26. The van der Waals surface area contributed by atoms with Gasteiger partial charge in [-0.05, 0) is 17.7 Å². The van der Waals surface area contributed by atoms with Crippen LogP contribution in [0.5, 0.6) is 0 Å². The van der Waals surface area contributed by atoms with Gasteiger partial charge in [-0.25, -0.2) is 4.98 Å². The minimum Gasteiger partial charge on any atom is -0.375 e. The van der Waals surface area contributed by atoms with Crippen LogP contribution in [0.1, 0.15) is 5.69 Å². The van der Waals surface area contributed by atoms with Crippen molar-refractivity contribution in [3.63, 3.8) is 0 Å². The number of hydrogen-bond donors (Lipinski definition) is 1. The first-order valence-electron chi connectivity index (χ1n) is 5.55. The number of rotatable bonds is 1. The molecule has 0 spiro atoms. The minimum absolute atomic E-state index is 0.430. The molecule has 1 aromatic carbocycles. The lowest BCUT2D eigenvalue weighted by Gasteiger charge is -2.06. The molecule has 20 heavy (non-hydrogen) atoms. The monoisotopic (exact) mass is 294 g/mol. The Bertz CT molecular complexity index is 763. The molecule has 0 amide bonds. The largest absolute Gasteiger partial charge is 0.433 e. The molecule has 0 aliphatic heterocycles. The summed E-state index contributed by atoms with van der Waals surface area (Å²) in [6.45, 7) is 0. The molecule has 0 unspecified atom stereocenters. The zero-order valence-corrected chi connectivity index (χ0v) is 10.7. The number of halogens is 3. The van der Waals surface area contributed by atoms with Crippen molar-refractivity contribution in [2.45, 2.75) is 6.18 Å². The van der Waals surface area contributed by atoms with Gasteiger partial charge in [0.2, 0.25) is 0 Å². The molecule has 0 saturated heterocycles. The summed E-state index contributed by atoms with van der Waals surface area (Å²) in [4.78, 5) is 7.52. The molecule has 0 atom stereocenters. The molecule has 2 heterocycles. The predicted octanol–water partition coefficient (Wildman–Crippen LogP) is 3.76. The molecule has 0 aliphatic rings. The number of pyridine rings is 1. The SMILES string of the molecule is Nc1nc2[c]c(-c3ccc(C(F)(F)F)nc3)ccc2s1. The number of alkyl halides is 3. The van der Waals surface area contributed by atoms with Crippen molar-refractivity contribution in [2.24, 2.45) is 0 Å². The van der Waals surface area contributed by atoms with E-state index in [0.717, 1.165) is 10.8 Å².